The molecular weight excluding hydrogens is 240 g/mol. The van der Waals surface area contributed by atoms with Crippen molar-refractivity contribution in [3.63, 3.8) is 0 Å². The summed E-state index contributed by atoms with van der Waals surface area (Å²) in [5, 5.41) is 11.0. The summed E-state index contributed by atoms with van der Waals surface area (Å²) >= 11 is 0. The van der Waals surface area contributed by atoms with Gasteiger partial charge in [-0.1, -0.05) is 23.2 Å². The van der Waals surface area contributed by atoms with Gasteiger partial charge in [-0.2, -0.15) is 0 Å². The Hall–Kier alpha value is -2.12. The van der Waals surface area contributed by atoms with Crippen LogP contribution in [-0.4, -0.2) is 38.7 Å². The van der Waals surface area contributed by atoms with Gasteiger partial charge in [-0.15, -0.1) is 0 Å². The van der Waals surface area contributed by atoms with E-state index in [1.807, 2.05) is 0 Å². The van der Waals surface area contributed by atoms with Crippen molar-refractivity contribution in [2.75, 3.05) is 13.1 Å². The molecular formula is C10H18N4O4. The van der Waals surface area contributed by atoms with Crippen molar-refractivity contribution in [3.8, 4) is 0 Å². The minimum absolute atomic E-state index is 0.518. The molecule has 0 rings (SSSR count). The number of hydrogen-bond acceptors (Lipinski definition) is 6. The molecule has 0 radical (unpaired) electrons. The number of carbonyl (C=O) groups is 2. The second-order valence-corrected chi connectivity index (χ2v) is 3.28. The van der Waals surface area contributed by atoms with Gasteiger partial charge in [-0.25, -0.2) is 9.59 Å². The van der Waals surface area contributed by atoms with E-state index >= 15 is 0 Å². The maximum atomic E-state index is 10.8. The number of rotatable bonds is 9. The smallest absolute Gasteiger partial charge is 0.320 e. The second kappa shape index (κ2) is 11.4. The first-order chi connectivity index (χ1) is 8.70. The molecule has 0 fully saturated rings. The van der Waals surface area contributed by atoms with Crippen molar-refractivity contribution in [3.05, 3.63) is 0 Å². The lowest BCUT2D eigenvalue weighted by Gasteiger charge is -2.03. The number of oxime groups is 2. The third-order valence-corrected chi connectivity index (χ3v) is 1.94. The molecule has 0 atom stereocenters. The maximum Gasteiger partial charge on any atom is 0.433 e. The van der Waals surface area contributed by atoms with Crippen molar-refractivity contribution in [1.29, 1.82) is 0 Å². The van der Waals surface area contributed by atoms with Crippen LogP contribution < -0.4 is 10.6 Å². The summed E-state index contributed by atoms with van der Waals surface area (Å²) in [5.41, 5.74) is 0. The molecule has 0 aliphatic rings. The molecule has 8 heteroatoms. The molecule has 0 spiro atoms. The number of nitrogens with zero attached hydrogens (tertiary/aromatic N) is 2. The van der Waals surface area contributed by atoms with E-state index in [0.717, 1.165) is 25.7 Å². The molecule has 0 bridgehead atoms. The van der Waals surface area contributed by atoms with Crippen LogP contribution in [0.5, 0.6) is 0 Å². The summed E-state index contributed by atoms with van der Waals surface area (Å²) in [6.45, 7) is 7.07. The fraction of sp³-hybridized carbons (Fsp3) is 0.600. The SMILES string of the molecule is C=NOC(=O)NCCCCCCNC(=O)ON=C. The number of unbranched alkanes of at least 4 members (excludes halogenated alkanes) is 3. The van der Waals surface area contributed by atoms with E-state index in [0.29, 0.717) is 13.1 Å². The van der Waals surface area contributed by atoms with Gasteiger partial charge in [0.15, 0.2) is 0 Å². The minimum Gasteiger partial charge on any atom is -0.320 e. The summed E-state index contributed by atoms with van der Waals surface area (Å²) in [6.07, 6.45) is 2.30. The second-order valence-electron chi connectivity index (χ2n) is 3.28. The lowest BCUT2D eigenvalue weighted by molar-refractivity contribution is 0.150. The first-order valence-electron chi connectivity index (χ1n) is 5.52. The molecule has 0 saturated heterocycles. The third kappa shape index (κ3) is 10.4. The molecule has 0 aromatic rings. The van der Waals surface area contributed by atoms with Crippen LogP contribution in [0.2, 0.25) is 0 Å². The zero-order valence-electron chi connectivity index (χ0n) is 10.2. The van der Waals surface area contributed by atoms with E-state index in [1.54, 1.807) is 0 Å². The summed E-state index contributed by atoms with van der Waals surface area (Å²) in [4.78, 5) is 30.0. The van der Waals surface area contributed by atoms with Crippen LogP contribution in [0.15, 0.2) is 10.3 Å². The summed E-state index contributed by atoms with van der Waals surface area (Å²) in [7, 11) is 0. The Morgan fingerprint density at radius 1 is 0.833 bits per heavy atom. The van der Waals surface area contributed by atoms with Crippen LogP contribution in [0, 0.1) is 0 Å². The monoisotopic (exact) mass is 258 g/mol. The van der Waals surface area contributed by atoms with Crippen LogP contribution in [-0.2, 0) is 9.68 Å². The van der Waals surface area contributed by atoms with Gasteiger partial charge in [0, 0.05) is 26.5 Å². The minimum atomic E-state index is -0.605. The number of hydrogen-bond donors (Lipinski definition) is 2. The summed E-state index contributed by atoms with van der Waals surface area (Å²) in [6, 6.07) is 0. The zero-order chi connectivity index (χ0) is 13.6. The first-order valence-corrected chi connectivity index (χ1v) is 5.52. The average Bonchev–Trinajstić information content (AvgIpc) is 2.33. The molecule has 0 aliphatic heterocycles. The Balaban J connectivity index is 3.21. The molecule has 0 aromatic carbocycles. The largest absolute Gasteiger partial charge is 0.433 e. The van der Waals surface area contributed by atoms with Gasteiger partial charge in [0.05, 0.1) is 0 Å². The Bertz CT molecular complexity index is 255. The number of nitrogens with one attached hydrogen (secondary N) is 2. The quantitative estimate of drug-likeness (QED) is 0.281. The van der Waals surface area contributed by atoms with Crippen molar-refractivity contribution in [2.45, 2.75) is 25.7 Å². The van der Waals surface area contributed by atoms with E-state index in [4.69, 9.17) is 0 Å². The molecule has 0 aliphatic carbocycles. The van der Waals surface area contributed by atoms with Crippen LogP contribution in [0.3, 0.4) is 0 Å². The summed E-state index contributed by atoms with van der Waals surface area (Å²) in [5.74, 6) is 0. The van der Waals surface area contributed by atoms with Crippen molar-refractivity contribution < 1.29 is 19.3 Å². The standard InChI is InChI=1S/C10H18N4O4/c1-11-17-9(15)13-7-5-3-4-6-8-14-10(16)18-12-2/h1-8H2,(H,13,15)(H,14,16). The highest BCUT2D eigenvalue weighted by Crippen LogP contribution is 1.98. The van der Waals surface area contributed by atoms with E-state index in [9.17, 15) is 9.59 Å². The molecule has 0 unspecified atom stereocenters. The Labute approximate surface area is 105 Å². The normalized spacial score (nSPS) is 9.11. The Morgan fingerprint density at radius 2 is 1.22 bits per heavy atom. The Kier molecular flexibility index (Phi) is 10.0. The molecule has 0 heterocycles. The lowest BCUT2D eigenvalue weighted by Crippen LogP contribution is -2.24. The first kappa shape index (κ1) is 15.9. The van der Waals surface area contributed by atoms with Crippen molar-refractivity contribution in [1.82, 2.24) is 10.6 Å². The fourth-order valence-electron chi connectivity index (χ4n) is 1.17. The van der Waals surface area contributed by atoms with Crippen LogP contribution in [0.25, 0.3) is 0 Å². The zero-order valence-corrected chi connectivity index (χ0v) is 10.2. The molecule has 2 amide bonds. The van der Waals surface area contributed by atoms with Crippen LogP contribution >= 0.6 is 0 Å². The van der Waals surface area contributed by atoms with Crippen molar-refractivity contribution >= 4 is 25.6 Å². The van der Waals surface area contributed by atoms with Gasteiger partial charge in [0.1, 0.15) is 0 Å². The topological polar surface area (TPSA) is 101 Å². The van der Waals surface area contributed by atoms with Gasteiger partial charge in [-0.05, 0) is 12.8 Å². The third-order valence-electron chi connectivity index (χ3n) is 1.94. The Morgan fingerprint density at radius 3 is 1.56 bits per heavy atom. The lowest BCUT2D eigenvalue weighted by atomic mass is 10.2. The van der Waals surface area contributed by atoms with Crippen LogP contribution in [0.4, 0.5) is 9.59 Å². The predicted octanol–water partition coefficient (Wildman–Crippen LogP) is 1.23. The van der Waals surface area contributed by atoms with Gasteiger partial charge < -0.3 is 10.6 Å². The van der Waals surface area contributed by atoms with Gasteiger partial charge in [0.2, 0.25) is 0 Å². The maximum absolute atomic E-state index is 10.8. The highest BCUT2D eigenvalue weighted by Gasteiger charge is 2.00. The molecule has 102 valence electrons. The predicted molar refractivity (Wildman–Crippen MR) is 66.5 cm³/mol. The highest BCUT2D eigenvalue weighted by molar-refractivity contribution is 5.67. The number of carbonyl (C=O) groups excluding carboxylic acids is 2. The van der Waals surface area contributed by atoms with Crippen LogP contribution in [0.1, 0.15) is 25.7 Å². The van der Waals surface area contributed by atoms with E-state index in [1.165, 1.54) is 0 Å². The molecule has 8 nitrogen and oxygen atoms in total. The molecule has 2 N–H and O–H groups in total. The summed E-state index contributed by atoms with van der Waals surface area (Å²) < 4.78 is 0. The molecule has 18 heavy (non-hydrogen) atoms. The van der Waals surface area contributed by atoms with Crippen molar-refractivity contribution in [2.24, 2.45) is 10.3 Å². The van der Waals surface area contributed by atoms with E-state index in [2.05, 4.69) is 44.1 Å². The van der Waals surface area contributed by atoms with E-state index in [-0.39, 0.29) is 0 Å². The average molecular weight is 258 g/mol. The highest BCUT2D eigenvalue weighted by atomic mass is 16.7. The molecule has 0 saturated carbocycles. The fourth-order valence-corrected chi connectivity index (χ4v) is 1.17. The number of amides is 2. The van der Waals surface area contributed by atoms with Gasteiger partial charge in [0.25, 0.3) is 0 Å². The van der Waals surface area contributed by atoms with Gasteiger partial charge in [-0.3, -0.25) is 9.68 Å². The molecule has 0 aromatic heterocycles. The van der Waals surface area contributed by atoms with Gasteiger partial charge >= 0.3 is 12.2 Å². The van der Waals surface area contributed by atoms with E-state index < -0.39 is 12.2 Å².